The largest absolute Gasteiger partial charge is 0.342 e. The lowest BCUT2D eigenvalue weighted by Crippen LogP contribution is -2.38. The molecule has 0 N–H and O–H groups in total. The van der Waals surface area contributed by atoms with Gasteiger partial charge in [0.2, 0.25) is 5.91 Å². The van der Waals surface area contributed by atoms with E-state index in [-0.39, 0.29) is 5.91 Å². The van der Waals surface area contributed by atoms with E-state index in [9.17, 15) is 4.79 Å². The zero-order chi connectivity index (χ0) is 17.8. The van der Waals surface area contributed by atoms with Crippen LogP contribution in [0, 0.1) is 0 Å². The SMILES string of the molecule is O=C(Cc1cccs1)N1CCC(c2ncncc2-c2ccncc2)CC1. The van der Waals surface area contributed by atoms with Gasteiger partial charge < -0.3 is 4.90 Å². The zero-order valence-corrected chi connectivity index (χ0v) is 15.2. The molecule has 5 nitrogen and oxygen atoms in total. The first-order valence-corrected chi connectivity index (χ1v) is 9.69. The summed E-state index contributed by atoms with van der Waals surface area (Å²) < 4.78 is 0. The molecule has 3 aromatic rings. The Kier molecular flexibility index (Phi) is 5.02. The summed E-state index contributed by atoms with van der Waals surface area (Å²) in [5.74, 6) is 0.579. The Morgan fingerprint density at radius 1 is 1.15 bits per heavy atom. The Balaban J connectivity index is 1.45. The van der Waals surface area contributed by atoms with Crippen LogP contribution in [0.15, 0.2) is 54.6 Å². The molecule has 0 unspecified atom stereocenters. The predicted molar refractivity (Wildman–Crippen MR) is 102 cm³/mol. The highest BCUT2D eigenvalue weighted by Gasteiger charge is 2.26. The highest BCUT2D eigenvalue weighted by atomic mass is 32.1. The number of aromatic nitrogens is 3. The van der Waals surface area contributed by atoms with Crippen molar-refractivity contribution in [2.24, 2.45) is 0 Å². The van der Waals surface area contributed by atoms with Crippen LogP contribution in [0.25, 0.3) is 11.1 Å². The molecule has 0 aliphatic carbocycles. The van der Waals surface area contributed by atoms with Gasteiger partial charge in [0.1, 0.15) is 6.33 Å². The lowest BCUT2D eigenvalue weighted by Gasteiger charge is -2.32. The van der Waals surface area contributed by atoms with Crippen LogP contribution in [0.5, 0.6) is 0 Å². The van der Waals surface area contributed by atoms with Gasteiger partial charge in [-0.15, -0.1) is 11.3 Å². The van der Waals surface area contributed by atoms with E-state index in [4.69, 9.17) is 0 Å². The van der Waals surface area contributed by atoms with Crippen molar-refractivity contribution in [3.8, 4) is 11.1 Å². The fourth-order valence-corrected chi connectivity index (χ4v) is 4.19. The van der Waals surface area contributed by atoms with E-state index in [0.29, 0.717) is 12.3 Å². The maximum absolute atomic E-state index is 12.5. The molecule has 26 heavy (non-hydrogen) atoms. The van der Waals surface area contributed by atoms with Gasteiger partial charge in [0.15, 0.2) is 0 Å². The number of hydrogen-bond donors (Lipinski definition) is 0. The summed E-state index contributed by atoms with van der Waals surface area (Å²) in [5, 5.41) is 2.02. The van der Waals surface area contributed by atoms with Crippen molar-refractivity contribution in [2.75, 3.05) is 13.1 Å². The average Bonchev–Trinajstić information content (AvgIpc) is 3.22. The van der Waals surface area contributed by atoms with Crippen molar-refractivity contribution in [1.82, 2.24) is 19.9 Å². The molecule has 1 aliphatic rings. The summed E-state index contributed by atoms with van der Waals surface area (Å²) in [6.45, 7) is 1.57. The van der Waals surface area contributed by atoms with Crippen LogP contribution in [-0.2, 0) is 11.2 Å². The van der Waals surface area contributed by atoms with Crippen LogP contribution in [0.1, 0.15) is 29.3 Å². The Bertz CT molecular complexity index is 859. The highest BCUT2D eigenvalue weighted by Crippen LogP contribution is 2.33. The van der Waals surface area contributed by atoms with Gasteiger partial charge in [-0.1, -0.05) is 6.07 Å². The van der Waals surface area contributed by atoms with Crippen LogP contribution >= 0.6 is 11.3 Å². The minimum atomic E-state index is 0.225. The lowest BCUT2D eigenvalue weighted by molar-refractivity contribution is -0.131. The van der Waals surface area contributed by atoms with Crippen LogP contribution in [-0.4, -0.2) is 38.8 Å². The average molecular weight is 364 g/mol. The van der Waals surface area contributed by atoms with Crippen molar-refractivity contribution >= 4 is 17.2 Å². The molecule has 3 aromatic heterocycles. The summed E-state index contributed by atoms with van der Waals surface area (Å²) in [7, 11) is 0. The third-order valence-electron chi connectivity index (χ3n) is 4.87. The van der Waals surface area contributed by atoms with Gasteiger partial charge in [-0.05, 0) is 42.0 Å². The first kappa shape index (κ1) is 16.8. The molecule has 0 spiro atoms. The van der Waals surface area contributed by atoms with Gasteiger partial charge >= 0.3 is 0 Å². The van der Waals surface area contributed by atoms with E-state index in [1.54, 1.807) is 30.1 Å². The molecule has 1 amide bonds. The second-order valence-corrected chi connectivity index (χ2v) is 7.50. The van der Waals surface area contributed by atoms with E-state index in [1.807, 2.05) is 40.7 Å². The molecule has 0 aromatic carbocycles. The number of carbonyl (C=O) groups excluding carboxylic acids is 1. The molecular formula is C20H20N4OS. The molecule has 1 aliphatic heterocycles. The van der Waals surface area contributed by atoms with E-state index in [1.165, 1.54) is 0 Å². The Labute approximate surface area is 156 Å². The van der Waals surface area contributed by atoms with Crippen molar-refractivity contribution in [3.05, 3.63) is 65.1 Å². The number of likely N-dealkylation sites (tertiary alicyclic amines) is 1. The summed E-state index contributed by atoms with van der Waals surface area (Å²) >= 11 is 1.64. The van der Waals surface area contributed by atoms with Gasteiger partial charge in [-0.2, -0.15) is 0 Å². The van der Waals surface area contributed by atoms with E-state index >= 15 is 0 Å². The van der Waals surface area contributed by atoms with Crippen molar-refractivity contribution < 1.29 is 4.79 Å². The Hall–Kier alpha value is -2.60. The smallest absolute Gasteiger partial charge is 0.227 e. The van der Waals surface area contributed by atoms with Crippen LogP contribution in [0.2, 0.25) is 0 Å². The third-order valence-corrected chi connectivity index (χ3v) is 5.75. The van der Waals surface area contributed by atoms with Crippen molar-refractivity contribution in [1.29, 1.82) is 0 Å². The van der Waals surface area contributed by atoms with Crippen LogP contribution < -0.4 is 0 Å². The fourth-order valence-electron chi connectivity index (χ4n) is 3.49. The second-order valence-electron chi connectivity index (χ2n) is 6.47. The van der Waals surface area contributed by atoms with Gasteiger partial charge in [0, 0.05) is 48.0 Å². The number of carbonyl (C=O) groups is 1. The molecule has 0 saturated carbocycles. The van der Waals surface area contributed by atoms with Crippen LogP contribution in [0.4, 0.5) is 0 Å². The van der Waals surface area contributed by atoms with Crippen molar-refractivity contribution in [3.63, 3.8) is 0 Å². The van der Waals surface area contributed by atoms with Gasteiger partial charge in [0.05, 0.1) is 12.1 Å². The molecule has 0 radical (unpaired) electrons. The fraction of sp³-hybridized carbons (Fsp3) is 0.300. The molecule has 0 bridgehead atoms. The first-order valence-electron chi connectivity index (χ1n) is 8.81. The number of piperidine rings is 1. The van der Waals surface area contributed by atoms with Gasteiger partial charge in [-0.25, -0.2) is 9.97 Å². The minimum absolute atomic E-state index is 0.225. The third kappa shape index (κ3) is 3.65. The molecule has 4 rings (SSSR count). The van der Waals surface area contributed by atoms with Crippen molar-refractivity contribution in [2.45, 2.75) is 25.2 Å². The Morgan fingerprint density at radius 3 is 2.69 bits per heavy atom. The molecule has 1 saturated heterocycles. The molecule has 0 atom stereocenters. The maximum atomic E-state index is 12.5. The number of hydrogen-bond acceptors (Lipinski definition) is 5. The summed E-state index contributed by atoms with van der Waals surface area (Å²) in [5.41, 5.74) is 3.24. The number of nitrogens with zero attached hydrogens (tertiary/aromatic N) is 4. The number of thiophene rings is 1. The standard InChI is InChI=1S/C20H20N4OS/c25-19(12-17-2-1-11-26-17)24-9-5-16(6-10-24)20-18(13-22-14-23-20)15-3-7-21-8-4-15/h1-4,7-8,11,13-14,16H,5-6,9-10,12H2. The Morgan fingerprint density at radius 2 is 1.96 bits per heavy atom. The summed E-state index contributed by atoms with van der Waals surface area (Å²) in [6, 6.07) is 8.00. The summed E-state index contributed by atoms with van der Waals surface area (Å²) in [6.07, 6.45) is 9.46. The second kappa shape index (κ2) is 7.74. The molecule has 1 fully saturated rings. The monoisotopic (exact) mass is 364 g/mol. The minimum Gasteiger partial charge on any atom is -0.342 e. The maximum Gasteiger partial charge on any atom is 0.227 e. The molecular weight excluding hydrogens is 344 g/mol. The predicted octanol–water partition coefficient (Wildman–Crippen LogP) is 3.55. The highest BCUT2D eigenvalue weighted by molar-refractivity contribution is 7.10. The normalized spacial score (nSPS) is 15.2. The van der Waals surface area contributed by atoms with E-state index in [2.05, 4.69) is 15.0 Å². The molecule has 6 heteroatoms. The number of amides is 1. The van der Waals surface area contributed by atoms with Gasteiger partial charge in [0.25, 0.3) is 0 Å². The van der Waals surface area contributed by atoms with Crippen LogP contribution in [0.3, 0.4) is 0 Å². The number of rotatable bonds is 4. The lowest BCUT2D eigenvalue weighted by atomic mass is 9.89. The van der Waals surface area contributed by atoms with E-state index < -0.39 is 0 Å². The molecule has 4 heterocycles. The number of pyridine rings is 1. The van der Waals surface area contributed by atoms with Gasteiger partial charge in [-0.3, -0.25) is 9.78 Å². The summed E-state index contributed by atoms with van der Waals surface area (Å²) in [4.78, 5) is 28.5. The quantitative estimate of drug-likeness (QED) is 0.710. The topological polar surface area (TPSA) is 59.0 Å². The zero-order valence-electron chi connectivity index (χ0n) is 14.4. The molecule has 132 valence electrons. The van der Waals surface area contributed by atoms with E-state index in [0.717, 1.165) is 47.6 Å². The first-order chi connectivity index (χ1) is 12.8.